The van der Waals surface area contributed by atoms with Gasteiger partial charge in [0.15, 0.2) is 0 Å². The van der Waals surface area contributed by atoms with Crippen molar-refractivity contribution in [3.05, 3.63) is 0 Å². The second-order valence-electron chi connectivity index (χ2n) is 3.59. The standard InChI is InChI=1S/C9H17N3O/c1-9(2,11)8(13)12-7-5-3-4-6-10/h3-5,7,11H2,1-2H3,(H,12,13). The zero-order valence-corrected chi connectivity index (χ0v) is 8.26. The van der Waals surface area contributed by atoms with Gasteiger partial charge in [-0.15, -0.1) is 0 Å². The van der Waals surface area contributed by atoms with E-state index in [1.807, 2.05) is 6.07 Å². The second kappa shape index (κ2) is 5.55. The average molecular weight is 183 g/mol. The zero-order chi connectivity index (χ0) is 10.3. The van der Waals surface area contributed by atoms with Gasteiger partial charge in [0.2, 0.25) is 5.91 Å². The summed E-state index contributed by atoms with van der Waals surface area (Å²) in [6, 6.07) is 2.05. The number of rotatable bonds is 5. The fourth-order valence-electron chi connectivity index (χ4n) is 0.759. The SMILES string of the molecule is CC(C)(N)C(=O)NCCCCC#N. The van der Waals surface area contributed by atoms with E-state index < -0.39 is 5.54 Å². The van der Waals surface area contributed by atoms with Gasteiger partial charge in [0, 0.05) is 13.0 Å². The minimum Gasteiger partial charge on any atom is -0.355 e. The lowest BCUT2D eigenvalue weighted by Crippen LogP contribution is -2.49. The van der Waals surface area contributed by atoms with Crippen LogP contribution in [0.5, 0.6) is 0 Å². The van der Waals surface area contributed by atoms with Gasteiger partial charge in [-0.1, -0.05) is 0 Å². The Morgan fingerprint density at radius 1 is 1.54 bits per heavy atom. The highest BCUT2D eigenvalue weighted by Crippen LogP contribution is 1.97. The van der Waals surface area contributed by atoms with Crippen molar-refractivity contribution in [1.29, 1.82) is 5.26 Å². The van der Waals surface area contributed by atoms with Gasteiger partial charge in [-0.05, 0) is 26.7 Å². The number of amides is 1. The van der Waals surface area contributed by atoms with Crippen LogP contribution >= 0.6 is 0 Å². The number of nitriles is 1. The third-order valence-electron chi connectivity index (χ3n) is 1.59. The molecule has 74 valence electrons. The Kier molecular flexibility index (Phi) is 5.09. The van der Waals surface area contributed by atoms with Crippen LogP contribution in [0.3, 0.4) is 0 Å². The fraction of sp³-hybridized carbons (Fsp3) is 0.778. The van der Waals surface area contributed by atoms with E-state index in [0.717, 1.165) is 12.8 Å². The third-order valence-corrected chi connectivity index (χ3v) is 1.59. The number of hydrogen-bond donors (Lipinski definition) is 2. The topological polar surface area (TPSA) is 78.9 Å². The van der Waals surface area contributed by atoms with E-state index in [0.29, 0.717) is 13.0 Å². The molecule has 4 heteroatoms. The molecular formula is C9H17N3O. The Labute approximate surface area is 79.1 Å². The predicted molar refractivity (Wildman–Crippen MR) is 50.7 cm³/mol. The van der Waals surface area contributed by atoms with Crippen LogP contribution in [0, 0.1) is 11.3 Å². The normalized spacial score (nSPS) is 10.6. The third kappa shape index (κ3) is 6.12. The van der Waals surface area contributed by atoms with Crippen LogP contribution in [-0.4, -0.2) is 18.0 Å². The number of carbonyl (C=O) groups is 1. The van der Waals surface area contributed by atoms with Crippen LogP contribution in [0.2, 0.25) is 0 Å². The summed E-state index contributed by atoms with van der Waals surface area (Å²) in [5.41, 5.74) is 4.75. The van der Waals surface area contributed by atoms with Gasteiger partial charge >= 0.3 is 0 Å². The number of nitrogens with two attached hydrogens (primary N) is 1. The Hall–Kier alpha value is -1.08. The maximum absolute atomic E-state index is 11.2. The first kappa shape index (κ1) is 11.9. The molecule has 0 aromatic heterocycles. The van der Waals surface area contributed by atoms with E-state index in [-0.39, 0.29) is 5.91 Å². The van der Waals surface area contributed by atoms with Crippen LogP contribution in [0.25, 0.3) is 0 Å². The molecule has 0 aliphatic heterocycles. The highest BCUT2D eigenvalue weighted by atomic mass is 16.2. The first-order chi connectivity index (χ1) is 5.98. The number of carbonyl (C=O) groups excluding carboxylic acids is 1. The number of hydrogen-bond acceptors (Lipinski definition) is 3. The summed E-state index contributed by atoms with van der Waals surface area (Å²) in [6.07, 6.45) is 2.19. The molecule has 0 aromatic carbocycles. The molecule has 0 rings (SSSR count). The van der Waals surface area contributed by atoms with Crippen LogP contribution in [0.1, 0.15) is 33.1 Å². The minimum atomic E-state index is -0.810. The summed E-state index contributed by atoms with van der Waals surface area (Å²) in [5, 5.41) is 11.0. The van der Waals surface area contributed by atoms with E-state index in [9.17, 15) is 4.79 Å². The Morgan fingerprint density at radius 2 is 2.15 bits per heavy atom. The van der Waals surface area contributed by atoms with Gasteiger partial charge in [-0.2, -0.15) is 5.26 Å². The Morgan fingerprint density at radius 3 is 2.62 bits per heavy atom. The molecule has 0 heterocycles. The maximum Gasteiger partial charge on any atom is 0.239 e. The lowest BCUT2D eigenvalue weighted by Gasteiger charge is -2.17. The molecule has 3 N–H and O–H groups in total. The molecule has 13 heavy (non-hydrogen) atoms. The van der Waals surface area contributed by atoms with Crippen molar-refractivity contribution in [3.8, 4) is 6.07 Å². The van der Waals surface area contributed by atoms with Crippen molar-refractivity contribution in [1.82, 2.24) is 5.32 Å². The van der Waals surface area contributed by atoms with Crippen LogP contribution in [0.15, 0.2) is 0 Å². The van der Waals surface area contributed by atoms with Crippen molar-refractivity contribution in [2.45, 2.75) is 38.6 Å². The molecule has 0 saturated carbocycles. The van der Waals surface area contributed by atoms with E-state index in [1.54, 1.807) is 13.8 Å². The van der Waals surface area contributed by atoms with Crippen molar-refractivity contribution in [2.24, 2.45) is 5.73 Å². The van der Waals surface area contributed by atoms with E-state index in [1.165, 1.54) is 0 Å². The van der Waals surface area contributed by atoms with Crippen molar-refractivity contribution in [2.75, 3.05) is 6.54 Å². The Bertz CT molecular complexity index is 200. The van der Waals surface area contributed by atoms with Gasteiger partial charge in [-0.3, -0.25) is 4.79 Å². The summed E-state index contributed by atoms with van der Waals surface area (Å²) in [4.78, 5) is 11.2. The first-order valence-electron chi connectivity index (χ1n) is 4.42. The summed E-state index contributed by atoms with van der Waals surface area (Å²) in [6.45, 7) is 3.93. The summed E-state index contributed by atoms with van der Waals surface area (Å²) in [5.74, 6) is -0.149. The minimum absolute atomic E-state index is 0.149. The van der Waals surface area contributed by atoms with Crippen LogP contribution < -0.4 is 11.1 Å². The second-order valence-corrected chi connectivity index (χ2v) is 3.59. The number of unbranched alkanes of at least 4 members (excludes halogenated alkanes) is 2. The quantitative estimate of drug-likeness (QED) is 0.610. The fourth-order valence-corrected chi connectivity index (χ4v) is 0.759. The largest absolute Gasteiger partial charge is 0.355 e. The number of nitrogens with one attached hydrogen (secondary N) is 1. The molecule has 1 amide bonds. The summed E-state index contributed by atoms with van der Waals surface area (Å²) >= 11 is 0. The van der Waals surface area contributed by atoms with Crippen LogP contribution in [0.4, 0.5) is 0 Å². The van der Waals surface area contributed by atoms with Gasteiger partial charge in [0.05, 0.1) is 11.6 Å². The maximum atomic E-state index is 11.2. The molecule has 0 spiro atoms. The molecule has 0 saturated heterocycles. The molecule has 0 aliphatic carbocycles. The van der Waals surface area contributed by atoms with Crippen molar-refractivity contribution in [3.63, 3.8) is 0 Å². The molecule has 0 unspecified atom stereocenters. The van der Waals surface area contributed by atoms with Crippen molar-refractivity contribution >= 4 is 5.91 Å². The van der Waals surface area contributed by atoms with Crippen molar-refractivity contribution < 1.29 is 4.79 Å². The summed E-state index contributed by atoms with van der Waals surface area (Å²) < 4.78 is 0. The lowest BCUT2D eigenvalue weighted by molar-refractivity contribution is -0.125. The predicted octanol–water partition coefficient (Wildman–Crippen LogP) is 0.534. The van der Waals surface area contributed by atoms with E-state index in [4.69, 9.17) is 11.0 Å². The van der Waals surface area contributed by atoms with Gasteiger partial charge in [-0.25, -0.2) is 0 Å². The molecule has 0 fully saturated rings. The smallest absolute Gasteiger partial charge is 0.239 e. The molecule has 0 aromatic rings. The monoisotopic (exact) mass is 183 g/mol. The van der Waals surface area contributed by atoms with E-state index >= 15 is 0 Å². The molecule has 0 atom stereocenters. The van der Waals surface area contributed by atoms with Gasteiger partial charge in [0.25, 0.3) is 0 Å². The average Bonchev–Trinajstić information content (AvgIpc) is 2.02. The molecule has 0 radical (unpaired) electrons. The molecule has 0 aliphatic rings. The molecule has 0 bridgehead atoms. The summed E-state index contributed by atoms with van der Waals surface area (Å²) in [7, 11) is 0. The number of nitrogens with zero attached hydrogens (tertiary/aromatic N) is 1. The van der Waals surface area contributed by atoms with Gasteiger partial charge < -0.3 is 11.1 Å². The van der Waals surface area contributed by atoms with E-state index in [2.05, 4.69) is 5.32 Å². The molecule has 4 nitrogen and oxygen atoms in total. The highest BCUT2D eigenvalue weighted by Gasteiger charge is 2.20. The zero-order valence-electron chi connectivity index (χ0n) is 8.26. The van der Waals surface area contributed by atoms with Crippen LogP contribution in [-0.2, 0) is 4.79 Å². The highest BCUT2D eigenvalue weighted by molar-refractivity contribution is 5.84. The van der Waals surface area contributed by atoms with Gasteiger partial charge in [0.1, 0.15) is 0 Å². The lowest BCUT2D eigenvalue weighted by atomic mass is 10.1. The molecular weight excluding hydrogens is 166 g/mol. The Balaban J connectivity index is 3.45. The first-order valence-corrected chi connectivity index (χ1v) is 4.42.